The smallest absolute Gasteiger partial charge is 0.303 e. The van der Waals surface area contributed by atoms with Gasteiger partial charge in [0.05, 0.1) is 6.42 Å². The summed E-state index contributed by atoms with van der Waals surface area (Å²) < 4.78 is 13.5. The van der Waals surface area contributed by atoms with E-state index in [9.17, 15) is 14.3 Å². The number of benzene rings is 1. The number of phenols is 1. The van der Waals surface area contributed by atoms with E-state index in [1.807, 2.05) is 0 Å². The molecule has 1 atom stereocenters. The summed E-state index contributed by atoms with van der Waals surface area (Å²) in [5.74, 6) is -1.80. The lowest BCUT2D eigenvalue weighted by atomic mass is 9.90. The predicted molar refractivity (Wildman–Crippen MR) is 58.2 cm³/mol. The van der Waals surface area contributed by atoms with Gasteiger partial charge in [-0.2, -0.15) is 0 Å². The number of phenolic OH excluding ortho intramolecular Hbond substituents is 1. The van der Waals surface area contributed by atoms with Crippen molar-refractivity contribution in [1.82, 2.24) is 0 Å². The minimum atomic E-state index is -0.965. The van der Waals surface area contributed by atoms with Crippen LogP contribution in [0.3, 0.4) is 0 Å². The fourth-order valence-corrected chi connectivity index (χ4v) is 1.85. The summed E-state index contributed by atoms with van der Waals surface area (Å²) in [5.41, 5.74) is 1.13. The molecule has 0 aliphatic carbocycles. The van der Waals surface area contributed by atoms with Crippen LogP contribution in [-0.2, 0) is 4.79 Å². The van der Waals surface area contributed by atoms with Crippen LogP contribution in [0.15, 0.2) is 6.07 Å². The number of hydrogen-bond donors (Lipinski definition) is 2. The Morgan fingerprint density at radius 2 is 2.06 bits per heavy atom. The molecule has 0 aliphatic heterocycles. The quantitative estimate of drug-likeness (QED) is 0.833. The number of aromatic hydroxyl groups is 1. The molecule has 1 unspecified atom stereocenters. The largest absolute Gasteiger partial charge is 0.507 e. The van der Waals surface area contributed by atoms with E-state index < -0.39 is 17.7 Å². The lowest BCUT2D eigenvalue weighted by Crippen LogP contribution is -2.06. The summed E-state index contributed by atoms with van der Waals surface area (Å²) >= 11 is 0. The van der Waals surface area contributed by atoms with Crippen LogP contribution >= 0.6 is 0 Å². The van der Waals surface area contributed by atoms with Gasteiger partial charge in [-0.25, -0.2) is 4.39 Å². The zero-order valence-corrected chi connectivity index (χ0v) is 9.54. The Balaban J connectivity index is 3.26. The third-order valence-corrected chi connectivity index (χ3v) is 2.71. The van der Waals surface area contributed by atoms with Crippen LogP contribution in [0, 0.1) is 19.7 Å². The summed E-state index contributed by atoms with van der Waals surface area (Å²) in [6.07, 6.45) is -0.128. The van der Waals surface area contributed by atoms with Gasteiger partial charge in [0, 0.05) is 5.56 Å². The van der Waals surface area contributed by atoms with Gasteiger partial charge >= 0.3 is 5.97 Å². The van der Waals surface area contributed by atoms with Crippen molar-refractivity contribution < 1.29 is 19.4 Å². The Labute approximate surface area is 93.5 Å². The number of halogens is 1. The molecule has 16 heavy (non-hydrogen) atoms. The van der Waals surface area contributed by atoms with Crippen molar-refractivity contribution >= 4 is 5.97 Å². The maximum absolute atomic E-state index is 13.5. The molecular formula is C12H15FO3. The fourth-order valence-electron chi connectivity index (χ4n) is 1.85. The predicted octanol–water partition coefficient (Wildman–Crippen LogP) is 2.73. The van der Waals surface area contributed by atoms with Crippen LogP contribution in [0.5, 0.6) is 5.75 Å². The second-order valence-electron chi connectivity index (χ2n) is 4.06. The molecule has 0 saturated heterocycles. The maximum atomic E-state index is 13.5. The van der Waals surface area contributed by atoms with Gasteiger partial charge in [-0.15, -0.1) is 0 Å². The van der Waals surface area contributed by atoms with Crippen LogP contribution in [0.2, 0.25) is 0 Å². The highest BCUT2D eigenvalue weighted by atomic mass is 19.1. The van der Waals surface area contributed by atoms with Crippen molar-refractivity contribution in [3.63, 3.8) is 0 Å². The SMILES string of the molecule is Cc1cc(F)c(C)c(C(C)CC(=O)O)c1O. The molecule has 0 aromatic heterocycles. The molecule has 4 heteroatoms. The summed E-state index contributed by atoms with van der Waals surface area (Å²) in [6.45, 7) is 4.80. The molecule has 2 N–H and O–H groups in total. The van der Waals surface area contributed by atoms with Crippen molar-refractivity contribution in [2.24, 2.45) is 0 Å². The lowest BCUT2D eigenvalue weighted by Gasteiger charge is -2.16. The van der Waals surface area contributed by atoms with Crippen molar-refractivity contribution in [2.45, 2.75) is 33.1 Å². The zero-order chi connectivity index (χ0) is 12.5. The van der Waals surface area contributed by atoms with Crippen molar-refractivity contribution in [3.05, 3.63) is 28.6 Å². The van der Waals surface area contributed by atoms with Gasteiger partial charge in [0.2, 0.25) is 0 Å². The number of hydrogen-bond acceptors (Lipinski definition) is 2. The first kappa shape index (κ1) is 12.5. The second kappa shape index (κ2) is 4.51. The number of carbonyl (C=O) groups is 1. The van der Waals surface area contributed by atoms with Crippen molar-refractivity contribution in [3.8, 4) is 5.75 Å². The molecule has 0 spiro atoms. The lowest BCUT2D eigenvalue weighted by molar-refractivity contribution is -0.137. The minimum Gasteiger partial charge on any atom is -0.507 e. The Morgan fingerprint density at radius 3 is 2.56 bits per heavy atom. The van der Waals surface area contributed by atoms with E-state index in [-0.39, 0.29) is 12.2 Å². The average Bonchev–Trinajstić information content (AvgIpc) is 2.14. The summed E-state index contributed by atoms with van der Waals surface area (Å²) in [5, 5.41) is 18.5. The third-order valence-electron chi connectivity index (χ3n) is 2.71. The van der Waals surface area contributed by atoms with Gasteiger partial charge in [0.25, 0.3) is 0 Å². The average molecular weight is 226 g/mol. The molecule has 0 aliphatic rings. The highest BCUT2D eigenvalue weighted by Gasteiger charge is 2.20. The van der Waals surface area contributed by atoms with Crippen LogP contribution < -0.4 is 0 Å². The van der Waals surface area contributed by atoms with E-state index in [2.05, 4.69) is 0 Å². The van der Waals surface area contributed by atoms with E-state index in [1.54, 1.807) is 20.8 Å². The third kappa shape index (κ3) is 2.32. The van der Waals surface area contributed by atoms with E-state index in [0.29, 0.717) is 16.7 Å². The van der Waals surface area contributed by atoms with Gasteiger partial charge < -0.3 is 10.2 Å². The molecule has 0 fully saturated rings. The van der Waals surface area contributed by atoms with Crippen LogP contribution in [0.25, 0.3) is 0 Å². The number of carboxylic acid groups (broad SMARTS) is 1. The fraction of sp³-hybridized carbons (Fsp3) is 0.417. The van der Waals surface area contributed by atoms with E-state index in [4.69, 9.17) is 5.11 Å². The van der Waals surface area contributed by atoms with Crippen LogP contribution in [-0.4, -0.2) is 16.2 Å². The van der Waals surface area contributed by atoms with Crippen LogP contribution in [0.1, 0.15) is 36.0 Å². The number of aryl methyl sites for hydroxylation is 1. The maximum Gasteiger partial charge on any atom is 0.303 e. The Bertz CT molecular complexity index is 401. The second-order valence-corrected chi connectivity index (χ2v) is 4.06. The molecule has 88 valence electrons. The standard InChI is InChI=1S/C12H15FO3/c1-6(5-10(14)15)11-8(3)9(13)4-7(2)12(11)16/h4,6,16H,5H2,1-3H3,(H,14,15). The first-order valence-corrected chi connectivity index (χ1v) is 5.05. The molecule has 1 aromatic carbocycles. The Hall–Kier alpha value is -1.58. The van der Waals surface area contributed by atoms with Gasteiger partial charge in [0.15, 0.2) is 0 Å². The first-order chi connectivity index (χ1) is 7.34. The monoisotopic (exact) mass is 226 g/mol. The molecule has 0 amide bonds. The number of carboxylic acids is 1. The van der Waals surface area contributed by atoms with Gasteiger partial charge in [-0.1, -0.05) is 6.92 Å². The normalized spacial score (nSPS) is 12.5. The molecular weight excluding hydrogens is 211 g/mol. The number of rotatable bonds is 3. The highest BCUT2D eigenvalue weighted by molar-refractivity contribution is 5.68. The first-order valence-electron chi connectivity index (χ1n) is 5.05. The van der Waals surface area contributed by atoms with Crippen LogP contribution in [0.4, 0.5) is 4.39 Å². The van der Waals surface area contributed by atoms with Gasteiger partial charge in [0.1, 0.15) is 11.6 Å². The summed E-state index contributed by atoms with van der Waals surface area (Å²) in [6, 6.07) is 1.25. The number of aliphatic carboxylic acids is 1. The molecule has 0 bridgehead atoms. The molecule has 0 heterocycles. The van der Waals surface area contributed by atoms with Crippen molar-refractivity contribution in [2.75, 3.05) is 0 Å². The zero-order valence-electron chi connectivity index (χ0n) is 9.54. The Morgan fingerprint density at radius 1 is 1.50 bits per heavy atom. The summed E-state index contributed by atoms with van der Waals surface area (Å²) in [7, 11) is 0. The molecule has 1 rings (SSSR count). The molecule has 0 saturated carbocycles. The Kier molecular flexibility index (Phi) is 3.52. The van der Waals surface area contributed by atoms with E-state index >= 15 is 0 Å². The molecule has 1 aromatic rings. The minimum absolute atomic E-state index is 0.00681. The molecule has 0 radical (unpaired) electrons. The summed E-state index contributed by atoms with van der Waals surface area (Å²) in [4.78, 5) is 10.6. The highest BCUT2D eigenvalue weighted by Crippen LogP contribution is 2.35. The van der Waals surface area contributed by atoms with E-state index in [1.165, 1.54) is 6.07 Å². The van der Waals surface area contributed by atoms with E-state index in [0.717, 1.165) is 0 Å². The van der Waals surface area contributed by atoms with Gasteiger partial charge in [-0.3, -0.25) is 4.79 Å². The van der Waals surface area contributed by atoms with Crippen molar-refractivity contribution in [1.29, 1.82) is 0 Å². The van der Waals surface area contributed by atoms with Gasteiger partial charge in [-0.05, 0) is 37.0 Å². The topological polar surface area (TPSA) is 57.5 Å². The molecule has 3 nitrogen and oxygen atoms in total.